The van der Waals surface area contributed by atoms with E-state index in [2.05, 4.69) is 90.8 Å². The monoisotopic (exact) mass is 1080 g/mol. The van der Waals surface area contributed by atoms with Gasteiger partial charge in [-0.2, -0.15) is 0 Å². The molecule has 9 nitrogen and oxygen atoms in total. The lowest BCUT2D eigenvalue weighted by molar-refractivity contribution is 0.0153. The number of piperazine rings is 1. The lowest BCUT2D eigenvalue weighted by atomic mass is 9.73. The second-order valence-electron chi connectivity index (χ2n) is 22.1. The first-order valence-corrected chi connectivity index (χ1v) is 29.0. The maximum atomic E-state index is 15.2. The first-order valence-electron chi connectivity index (χ1n) is 29.0. The van der Waals surface area contributed by atoms with Gasteiger partial charge >= 0.3 is 11.9 Å². The molecule has 412 valence electrons. The van der Waals surface area contributed by atoms with E-state index < -0.39 is 29.5 Å². The first-order chi connectivity index (χ1) is 39.7. The van der Waals surface area contributed by atoms with Crippen molar-refractivity contribution in [2.24, 2.45) is 5.92 Å². The minimum absolute atomic E-state index is 0.240. The molecule has 2 aliphatic heterocycles. The van der Waals surface area contributed by atoms with Crippen LogP contribution in [0, 0.1) is 11.7 Å². The summed E-state index contributed by atoms with van der Waals surface area (Å²) in [5.74, 6) is 1.05. The molecule has 2 unspecified atom stereocenters. The maximum absolute atomic E-state index is 15.2. The van der Waals surface area contributed by atoms with Gasteiger partial charge in [0.15, 0.2) is 6.10 Å². The van der Waals surface area contributed by atoms with Crippen molar-refractivity contribution in [3.63, 3.8) is 0 Å². The Hall–Kier alpha value is -8.05. The molecule has 0 aromatic heterocycles. The molecule has 0 radical (unpaired) electrons. The first kappa shape index (κ1) is 53.6. The third-order valence-electron chi connectivity index (χ3n) is 17.6. The number of carbonyl (C=O) groups excluding carboxylic acids is 2. The van der Waals surface area contributed by atoms with Crippen LogP contribution >= 0.6 is 0 Å². The summed E-state index contributed by atoms with van der Waals surface area (Å²) in [5, 5.41) is 3.42. The summed E-state index contributed by atoms with van der Waals surface area (Å²) < 4.78 is 47.0. The zero-order valence-electron chi connectivity index (χ0n) is 46.7. The number of unbranched alkanes of at least 4 members (excludes halogenated alkanes) is 2. The van der Waals surface area contributed by atoms with Crippen LogP contribution in [0.3, 0.4) is 0 Å². The van der Waals surface area contributed by atoms with E-state index >= 15 is 4.79 Å². The highest BCUT2D eigenvalue weighted by Crippen LogP contribution is 2.62. The molecule has 12 rings (SSSR count). The Bertz CT molecular complexity index is 3560. The average molecular weight is 1080 g/mol. The summed E-state index contributed by atoms with van der Waals surface area (Å²) in [6, 6.07) is 50.3. The Labute approximate surface area is 475 Å². The SMILES string of the molecule is CCCCCC1CCC(c2ccc(C(=O)Oc3ccc(-c4ccc5c(c4)C4=C(C6=C(OC(=O)c7cc(-c8ccc(N9CCNCC9)cc8)ccc7OC)C(c7ccc(F)cc7)=COC65)C(CC)(OC)c5ccccc54)cc3)cc2)CC1. The number of hydrogen-bond acceptors (Lipinski definition) is 9. The molecule has 1 N–H and O–H groups in total. The Morgan fingerprint density at radius 2 is 1.37 bits per heavy atom. The van der Waals surface area contributed by atoms with Crippen molar-refractivity contribution in [2.75, 3.05) is 45.3 Å². The molecular weight excluding hydrogens is 1010 g/mol. The third kappa shape index (κ3) is 10.3. The number of ether oxygens (including phenoxy) is 5. The van der Waals surface area contributed by atoms with Gasteiger partial charge in [0, 0.05) is 55.7 Å². The van der Waals surface area contributed by atoms with Crippen LogP contribution in [0.5, 0.6) is 11.5 Å². The molecular formula is C71H69FN2O7. The standard InChI is InChI=1S/C71H69FN2O7/c1-5-7-8-11-45-14-16-46(17-15-45)47-18-20-51(21-19-47)69(75)80-56-34-26-49(27-35-56)52-28-36-57-59(42-52)64-58-12-9-10-13-62(58)71(6-2,78-4)66(64)65-67(57)79-44-61(50-22-30-54(72)31-23-50)68(65)81-70(76)60-43-53(29-37-63(60)77-3)48-24-32-55(33-25-48)74-40-38-73-39-41-74/h9-10,12-13,18-37,42-46,67,73H,5-8,11,14-17,38-41H2,1-4H3. The number of anilines is 1. The topological polar surface area (TPSA) is 95.6 Å². The number of fused-ring (bicyclic) bond motifs is 7. The molecule has 2 fully saturated rings. The van der Waals surface area contributed by atoms with Crippen LogP contribution in [0.25, 0.3) is 33.4 Å². The molecule has 0 bridgehead atoms. The summed E-state index contributed by atoms with van der Waals surface area (Å²) in [5.41, 5.74) is 13.1. The van der Waals surface area contributed by atoms with Crippen molar-refractivity contribution in [2.45, 2.75) is 89.3 Å². The average Bonchev–Trinajstić information content (AvgIpc) is 4.09. The minimum atomic E-state index is -0.993. The second kappa shape index (κ2) is 23.2. The summed E-state index contributed by atoms with van der Waals surface area (Å²) in [7, 11) is 3.27. The Morgan fingerprint density at radius 1 is 0.691 bits per heavy atom. The molecule has 1 saturated heterocycles. The van der Waals surface area contributed by atoms with E-state index in [9.17, 15) is 9.18 Å². The van der Waals surface area contributed by atoms with Gasteiger partial charge in [0.25, 0.3) is 0 Å². The molecule has 2 heterocycles. The van der Waals surface area contributed by atoms with E-state index in [0.29, 0.717) is 46.1 Å². The van der Waals surface area contributed by atoms with E-state index in [-0.39, 0.29) is 11.3 Å². The van der Waals surface area contributed by atoms with Gasteiger partial charge in [-0.25, -0.2) is 14.0 Å². The molecule has 0 amide bonds. The van der Waals surface area contributed by atoms with Crippen LogP contribution in [-0.4, -0.2) is 52.3 Å². The number of hydrogen-bond donors (Lipinski definition) is 1. The Kier molecular flexibility index (Phi) is 15.3. The highest BCUT2D eigenvalue weighted by atomic mass is 19.1. The van der Waals surface area contributed by atoms with Crippen molar-refractivity contribution in [3.05, 3.63) is 231 Å². The zero-order valence-corrected chi connectivity index (χ0v) is 46.7. The molecule has 81 heavy (non-hydrogen) atoms. The van der Waals surface area contributed by atoms with Crippen LogP contribution in [0.15, 0.2) is 181 Å². The molecule has 1 saturated carbocycles. The molecule has 0 spiro atoms. The van der Waals surface area contributed by atoms with Gasteiger partial charge in [0.1, 0.15) is 34.2 Å². The summed E-state index contributed by atoms with van der Waals surface area (Å²) in [6.07, 6.45) is 11.7. The molecule has 3 aliphatic carbocycles. The van der Waals surface area contributed by atoms with E-state index in [1.54, 1.807) is 38.7 Å². The van der Waals surface area contributed by atoms with Crippen LogP contribution in [0.4, 0.5) is 10.1 Å². The maximum Gasteiger partial charge on any atom is 0.347 e. The Balaban J connectivity index is 0.881. The Morgan fingerprint density at radius 3 is 2.07 bits per heavy atom. The quantitative estimate of drug-likeness (QED) is 0.0577. The fourth-order valence-corrected chi connectivity index (χ4v) is 13.2. The van der Waals surface area contributed by atoms with Crippen LogP contribution < -0.4 is 19.7 Å². The molecule has 7 aromatic rings. The van der Waals surface area contributed by atoms with E-state index in [1.165, 1.54) is 69.1 Å². The van der Waals surface area contributed by atoms with Gasteiger partial charge in [-0.3, -0.25) is 0 Å². The van der Waals surface area contributed by atoms with Crippen molar-refractivity contribution in [1.82, 2.24) is 5.32 Å². The number of methoxy groups -OCH3 is 2. The normalized spacial score (nSPS) is 20.1. The van der Waals surface area contributed by atoms with E-state index in [0.717, 1.165) is 93.4 Å². The van der Waals surface area contributed by atoms with Gasteiger partial charge in [0.2, 0.25) is 0 Å². The summed E-state index contributed by atoms with van der Waals surface area (Å²) in [4.78, 5) is 31.1. The fourth-order valence-electron chi connectivity index (χ4n) is 13.2. The smallest absolute Gasteiger partial charge is 0.347 e. The van der Waals surface area contributed by atoms with Crippen LogP contribution in [0.1, 0.15) is 138 Å². The number of halogens is 1. The minimum Gasteiger partial charge on any atom is -0.496 e. The lowest BCUT2D eigenvalue weighted by Crippen LogP contribution is -2.43. The zero-order chi connectivity index (χ0) is 55.6. The second-order valence-corrected chi connectivity index (χ2v) is 22.1. The molecule has 10 heteroatoms. The van der Waals surface area contributed by atoms with Crippen LogP contribution in [-0.2, 0) is 19.8 Å². The third-order valence-corrected chi connectivity index (χ3v) is 17.6. The van der Waals surface area contributed by atoms with E-state index in [4.69, 9.17) is 23.7 Å². The number of rotatable bonds is 16. The summed E-state index contributed by atoms with van der Waals surface area (Å²) >= 11 is 0. The fraction of sp³-hybridized carbons (Fsp3) is 0.296. The predicted octanol–water partition coefficient (Wildman–Crippen LogP) is 16.0. The van der Waals surface area contributed by atoms with Crippen LogP contribution in [0.2, 0.25) is 0 Å². The summed E-state index contributed by atoms with van der Waals surface area (Å²) in [6.45, 7) is 8.11. The van der Waals surface area contributed by atoms with Crippen molar-refractivity contribution >= 4 is 28.8 Å². The highest BCUT2D eigenvalue weighted by molar-refractivity contribution is 6.01. The lowest BCUT2D eigenvalue weighted by Gasteiger charge is -2.40. The number of esters is 2. The number of allylic oxidation sites excluding steroid dienone is 1. The predicted molar refractivity (Wildman–Crippen MR) is 318 cm³/mol. The molecule has 2 atom stereocenters. The van der Waals surface area contributed by atoms with Gasteiger partial charge < -0.3 is 33.9 Å². The van der Waals surface area contributed by atoms with Crippen molar-refractivity contribution in [3.8, 4) is 33.8 Å². The molecule has 7 aromatic carbocycles. The van der Waals surface area contributed by atoms with Gasteiger partial charge in [-0.15, -0.1) is 0 Å². The van der Waals surface area contributed by atoms with Gasteiger partial charge in [-0.05, 0) is 166 Å². The number of carbonyl (C=O) groups is 2. The van der Waals surface area contributed by atoms with Crippen molar-refractivity contribution in [1.29, 1.82) is 0 Å². The number of nitrogens with one attached hydrogen (secondary N) is 1. The van der Waals surface area contributed by atoms with Crippen molar-refractivity contribution < 1.29 is 37.7 Å². The number of benzene rings is 7. The number of nitrogens with zero attached hydrogens (tertiary/aromatic N) is 1. The van der Waals surface area contributed by atoms with Gasteiger partial charge in [0.05, 0.1) is 24.5 Å². The molecule has 5 aliphatic rings. The largest absolute Gasteiger partial charge is 0.496 e. The van der Waals surface area contributed by atoms with E-state index in [1.807, 2.05) is 60.7 Å². The highest BCUT2D eigenvalue weighted by Gasteiger charge is 2.53. The van der Waals surface area contributed by atoms with Gasteiger partial charge in [-0.1, -0.05) is 131 Å².